The molecule has 4 nitrogen and oxygen atoms in total. The molecule has 2 N–H and O–H groups in total. The predicted molar refractivity (Wildman–Crippen MR) is 73.2 cm³/mol. The van der Waals surface area contributed by atoms with Crippen LogP contribution in [0.2, 0.25) is 0 Å². The number of nitrogens with zero attached hydrogens (tertiary/aromatic N) is 2. The molecule has 1 unspecified atom stereocenters. The molecule has 0 aromatic rings. The zero-order valence-corrected chi connectivity index (χ0v) is 11.8. The maximum absolute atomic E-state index is 12.6. The topological polar surface area (TPSA) is 49.6 Å². The average Bonchev–Trinajstić information content (AvgIpc) is 2.86. The molecule has 1 saturated heterocycles. The van der Waals surface area contributed by atoms with Crippen molar-refractivity contribution >= 4 is 5.91 Å². The van der Waals surface area contributed by atoms with Gasteiger partial charge in [0.2, 0.25) is 5.91 Å². The molecule has 0 radical (unpaired) electrons. The lowest BCUT2D eigenvalue weighted by Crippen LogP contribution is -2.50. The summed E-state index contributed by atoms with van der Waals surface area (Å²) in [7, 11) is 4.22. The third kappa shape index (κ3) is 2.86. The van der Waals surface area contributed by atoms with E-state index >= 15 is 0 Å². The van der Waals surface area contributed by atoms with Crippen molar-refractivity contribution in [3.05, 3.63) is 0 Å². The third-order valence-corrected chi connectivity index (χ3v) is 4.72. The van der Waals surface area contributed by atoms with Crippen LogP contribution in [0.5, 0.6) is 0 Å². The molecule has 0 aromatic carbocycles. The fourth-order valence-corrected chi connectivity index (χ4v) is 3.45. The molecule has 2 aliphatic rings. The van der Waals surface area contributed by atoms with Crippen molar-refractivity contribution in [2.24, 2.45) is 17.6 Å². The summed E-state index contributed by atoms with van der Waals surface area (Å²) < 4.78 is 0. The Morgan fingerprint density at radius 3 is 2.72 bits per heavy atom. The van der Waals surface area contributed by atoms with E-state index in [2.05, 4.69) is 23.9 Å². The van der Waals surface area contributed by atoms with Crippen molar-refractivity contribution in [2.45, 2.75) is 38.1 Å². The van der Waals surface area contributed by atoms with Crippen LogP contribution in [-0.4, -0.2) is 55.5 Å². The van der Waals surface area contributed by atoms with Crippen molar-refractivity contribution in [3.63, 3.8) is 0 Å². The van der Waals surface area contributed by atoms with Crippen LogP contribution in [-0.2, 0) is 4.79 Å². The van der Waals surface area contributed by atoms with Crippen LogP contribution in [0.1, 0.15) is 32.1 Å². The number of likely N-dealkylation sites (N-methyl/N-ethyl adjacent to an activating group) is 1. The first kappa shape index (κ1) is 13.8. The van der Waals surface area contributed by atoms with Crippen LogP contribution in [0.15, 0.2) is 0 Å². The lowest BCUT2D eigenvalue weighted by atomic mass is 9.93. The zero-order valence-electron chi connectivity index (χ0n) is 11.8. The minimum atomic E-state index is 0.205. The van der Waals surface area contributed by atoms with E-state index in [0.717, 1.165) is 32.4 Å². The summed E-state index contributed by atoms with van der Waals surface area (Å²) in [6.07, 6.45) is 5.70. The fraction of sp³-hybridized carbons (Fsp3) is 0.929. The first-order valence-corrected chi connectivity index (χ1v) is 7.28. The lowest BCUT2D eigenvalue weighted by molar-refractivity contribution is -0.138. The maximum Gasteiger partial charge on any atom is 0.226 e. The van der Waals surface area contributed by atoms with Crippen molar-refractivity contribution in [1.29, 1.82) is 0 Å². The van der Waals surface area contributed by atoms with Crippen molar-refractivity contribution in [1.82, 2.24) is 9.80 Å². The van der Waals surface area contributed by atoms with Crippen molar-refractivity contribution in [2.75, 3.05) is 33.7 Å². The Labute approximate surface area is 110 Å². The van der Waals surface area contributed by atoms with E-state index in [1.54, 1.807) is 0 Å². The van der Waals surface area contributed by atoms with Gasteiger partial charge < -0.3 is 15.5 Å². The van der Waals surface area contributed by atoms with Crippen LogP contribution in [0.3, 0.4) is 0 Å². The highest BCUT2D eigenvalue weighted by Crippen LogP contribution is 2.33. The van der Waals surface area contributed by atoms with E-state index in [1.807, 2.05) is 0 Å². The summed E-state index contributed by atoms with van der Waals surface area (Å²) in [6.45, 7) is 2.51. The summed E-state index contributed by atoms with van der Waals surface area (Å²) in [5.41, 5.74) is 5.79. The molecule has 1 saturated carbocycles. The first-order chi connectivity index (χ1) is 8.63. The highest BCUT2D eigenvalue weighted by molar-refractivity contribution is 5.79. The summed E-state index contributed by atoms with van der Waals surface area (Å²) in [5.74, 6) is 1.00. The minimum Gasteiger partial charge on any atom is -0.341 e. The molecule has 0 bridgehead atoms. The van der Waals surface area contributed by atoms with Gasteiger partial charge in [-0.05, 0) is 52.2 Å². The van der Waals surface area contributed by atoms with Crippen LogP contribution < -0.4 is 5.73 Å². The predicted octanol–water partition coefficient (Wildman–Crippen LogP) is 0.914. The first-order valence-electron chi connectivity index (χ1n) is 7.28. The number of nitrogens with two attached hydrogens (primary N) is 1. The molecule has 2 rings (SSSR count). The number of amides is 1. The SMILES string of the molecule is CN(C)C1CCCN(C(=O)[C@@H]2CCC[C@@H]2CN)C1. The van der Waals surface area contributed by atoms with E-state index in [0.29, 0.717) is 24.4 Å². The number of piperidine rings is 1. The normalized spacial score (nSPS) is 33.1. The molecule has 0 spiro atoms. The molecule has 1 amide bonds. The maximum atomic E-state index is 12.6. The molecular weight excluding hydrogens is 226 g/mol. The van der Waals surface area contributed by atoms with Gasteiger partial charge in [-0.2, -0.15) is 0 Å². The van der Waals surface area contributed by atoms with E-state index in [9.17, 15) is 4.79 Å². The number of carbonyl (C=O) groups excluding carboxylic acids is 1. The van der Waals surface area contributed by atoms with E-state index in [-0.39, 0.29) is 5.92 Å². The van der Waals surface area contributed by atoms with Gasteiger partial charge in [0.05, 0.1) is 0 Å². The molecule has 3 atom stereocenters. The van der Waals surface area contributed by atoms with Crippen LogP contribution in [0.4, 0.5) is 0 Å². The number of likely N-dealkylation sites (tertiary alicyclic amines) is 1. The van der Waals surface area contributed by atoms with E-state index in [4.69, 9.17) is 5.73 Å². The van der Waals surface area contributed by atoms with Gasteiger partial charge in [-0.25, -0.2) is 0 Å². The van der Waals surface area contributed by atoms with Gasteiger partial charge in [-0.15, -0.1) is 0 Å². The Balaban J connectivity index is 1.96. The Morgan fingerprint density at radius 1 is 1.28 bits per heavy atom. The molecule has 104 valence electrons. The highest BCUT2D eigenvalue weighted by atomic mass is 16.2. The van der Waals surface area contributed by atoms with Crippen LogP contribution in [0, 0.1) is 11.8 Å². The van der Waals surface area contributed by atoms with Gasteiger partial charge in [0, 0.05) is 25.0 Å². The highest BCUT2D eigenvalue weighted by Gasteiger charge is 2.36. The molecule has 1 aliphatic carbocycles. The third-order valence-electron chi connectivity index (χ3n) is 4.72. The van der Waals surface area contributed by atoms with Gasteiger partial charge >= 0.3 is 0 Å². The Morgan fingerprint density at radius 2 is 2.06 bits per heavy atom. The summed E-state index contributed by atoms with van der Waals surface area (Å²) in [6, 6.07) is 0.528. The van der Waals surface area contributed by atoms with E-state index < -0.39 is 0 Å². The molecule has 2 fully saturated rings. The molecule has 18 heavy (non-hydrogen) atoms. The molecule has 0 aromatic heterocycles. The second-order valence-electron chi connectivity index (χ2n) is 6.08. The van der Waals surface area contributed by atoms with Gasteiger partial charge in [0.1, 0.15) is 0 Å². The van der Waals surface area contributed by atoms with Gasteiger partial charge in [0.25, 0.3) is 0 Å². The number of carbonyl (C=O) groups is 1. The minimum absolute atomic E-state index is 0.205. The largest absolute Gasteiger partial charge is 0.341 e. The molecule has 1 heterocycles. The molecule has 1 aliphatic heterocycles. The van der Waals surface area contributed by atoms with Crippen molar-refractivity contribution < 1.29 is 4.79 Å². The molecular formula is C14H27N3O. The van der Waals surface area contributed by atoms with E-state index in [1.165, 1.54) is 12.8 Å². The quantitative estimate of drug-likeness (QED) is 0.813. The number of hydrogen-bond donors (Lipinski definition) is 1. The Kier molecular flexibility index (Phi) is 4.62. The number of rotatable bonds is 3. The monoisotopic (exact) mass is 253 g/mol. The standard InChI is InChI=1S/C14H27N3O/c1-16(2)12-6-4-8-17(10-12)14(18)13-7-3-5-11(13)9-15/h11-13H,3-10,15H2,1-2H3/t11-,12?,13-/m1/s1. The summed E-state index contributed by atoms with van der Waals surface area (Å²) >= 11 is 0. The lowest BCUT2D eigenvalue weighted by Gasteiger charge is -2.38. The number of hydrogen-bond acceptors (Lipinski definition) is 3. The average molecular weight is 253 g/mol. The second-order valence-corrected chi connectivity index (χ2v) is 6.08. The van der Waals surface area contributed by atoms with Crippen molar-refractivity contribution in [3.8, 4) is 0 Å². The summed E-state index contributed by atoms with van der Waals surface area (Å²) in [4.78, 5) is 16.9. The van der Waals surface area contributed by atoms with Gasteiger partial charge in [-0.1, -0.05) is 6.42 Å². The Hall–Kier alpha value is -0.610. The van der Waals surface area contributed by atoms with Gasteiger partial charge in [-0.3, -0.25) is 4.79 Å². The summed E-state index contributed by atoms with van der Waals surface area (Å²) in [5, 5.41) is 0. The Bertz CT molecular complexity index is 293. The van der Waals surface area contributed by atoms with Crippen LogP contribution >= 0.6 is 0 Å². The zero-order chi connectivity index (χ0) is 13.1. The second kappa shape index (κ2) is 6.02. The smallest absolute Gasteiger partial charge is 0.226 e. The fourth-order valence-electron chi connectivity index (χ4n) is 3.45. The van der Waals surface area contributed by atoms with Gasteiger partial charge in [0.15, 0.2) is 0 Å². The molecule has 4 heteroatoms. The van der Waals surface area contributed by atoms with Crippen LogP contribution in [0.25, 0.3) is 0 Å².